The molecule has 0 atom stereocenters. The molecule has 0 fully saturated rings. The molecule has 102 valence electrons. The van der Waals surface area contributed by atoms with E-state index in [1.807, 2.05) is 6.92 Å². The number of sulfonamides is 1. The number of hydrogen-bond acceptors (Lipinski definition) is 4. The molecule has 0 saturated heterocycles. The fourth-order valence-corrected chi connectivity index (χ4v) is 3.01. The zero-order valence-electron chi connectivity index (χ0n) is 10.4. The minimum atomic E-state index is -3.56. The molecule has 2 N–H and O–H groups in total. The van der Waals surface area contributed by atoms with Crippen LogP contribution in [0.5, 0.6) is 0 Å². The Morgan fingerprint density at radius 1 is 1.44 bits per heavy atom. The van der Waals surface area contributed by atoms with E-state index >= 15 is 0 Å². The van der Waals surface area contributed by atoms with Gasteiger partial charge in [-0.1, -0.05) is 15.9 Å². The second kappa shape index (κ2) is 6.51. The normalized spacial score (nSPS) is 12.0. The van der Waals surface area contributed by atoms with Crippen molar-refractivity contribution in [1.29, 1.82) is 0 Å². The number of rotatable bonds is 6. The molecule has 0 aromatic heterocycles. The summed E-state index contributed by atoms with van der Waals surface area (Å²) in [5.41, 5.74) is 5.96. The molecule has 0 heterocycles. The van der Waals surface area contributed by atoms with Gasteiger partial charge < -0.3 is 10.5 Å². The molecule has 18 heavy (non-hydrogen) atoms. The van der Waals surface area contributed by atoms with Crippen molar-refractivity contribution in [3.63, 3.8) is 0 Å². The van der Waals surface area contributed by atoms with Gasteiger partial charge in [0, 0.05) is 24.7 Å². The summed E-state index contributed by atoms with van der Waals surface area (Å²) in [4.78, 5) is 0.115. The highest BCUT2D eigenvalue weighted by Crippen LogP contribution is 2.24. The van der Waals surface area contributed by atoms with Crippen molar-refractivity contribution in [1.82, 2.24) is 4.31 Å². The number of halogens is 1. The van der Waals surface area contributed by atoms with Crippen LogP contribution >= 0.6 is 15.9 Å². The highest BCUT2D eigenvalue weighted by Gasteiger charge is 2.22. The first-order valence-electron chi connectivity index (χ1n) is 5.48. The van der Waals surface area contributed by atoms with E-state index in [0.29, 0.717) is 19.8 Å². The number of likely N-dealkylation sites (N-methyl/N-ethyl adjacent to an activating group) is 1. The Kier molecular flexibility index (Phi) is 5.58. The summed E-state index contributed by atoms with van der Waals surface area (Å²) in [6.45, 7) is 3.09. The first-order chi connectivity index (χ1) is 8.39. The van der Waals surface area contributed by atoms with Crippen molar-refractivity contribution in [2.45, 2.75) is 11.8 Å². The fourth-order valence-electron chi connectivity index (χ4n) is 1.38. The first-order valence-corrected chi connectivity index (χ1v) is 7.72. The van der Waals surface area contributed by atoms with Gasteiger partial charge in [-0.25, -0.2) is 8.42 Å². The van der Waals surface area contributed by atoms with Gasteiger partial charge in [-0.15, -0.1) is 0 Å². The van der Waals surface area contributed by atoms with Crippen molar-refractivity contribution in [3.8, 4) is 0 Å². The van der Waals surface area contributed by atoms with Crippen LogP contribution in [0.25, 0.3) is 0 Å². The highest BCUT2D eigenvalue weighted by molar-refractivity contribution is 9.10. The van der Waals surface area contributed by atoms with E-state index in [-0.39, 0.29) is 10.6 Å². The molecule has 0 aliphatic rings. The van der Waals surface area contributed by atoms with Crippen LogP contribution in [-0.4, -0.2) is 39.5 Å². The maximum atomic E-state index is 12.2. The number of nitrogens with zero attached hydrogens (tertiary/aromatic N) is 1. The standard InChI is InChI=1S/C11H17BrN2O3S/c1-3-17-7-6-14(2)18(15,16)11-5-4-9(12)8-10(11)13/h4-5,8H,3,6-7,13H2,1-2H3. The zero-order chi connectivity index (χ0) is 13.8. The van der Waals surface area contributed by atoms with E-state index in [1.54, 1.807) is 12.1 Å². The number of nitrogens with two attached hydrogens (primary N) is 1. The predicted octanol–water partition coefficient (Wildman–Crippen LogP) is 1.69. The molecule has 0 aliphatic heterocycles. The minimum absolute atomic E-state index is 0.115. The van der Waals surface area contributed by atoms with Gasteiger partial charge in [0.15, 0.2) is 0 Å². The largest absolute Gasteiger partial charge is 0.398 e. The Morgan fingerprint density at radius 2 is 2.11 bits per heavy atom. The molecule has 5 nitrogen and oxygen atoms in total. The second-order valence-electron chi connectivity index (χ2n) is 3.71. The van der Waals surface area contributed by atoms with Crippen molar-refractivity contribution >= 4 is 31.6 Å². The summed E-state index contributed by atoms with van der Waals surface area (Å²) in [6.07, 6.45) is 0. The van der Waals surface area contributed by atoms with E-state index in [0.717, 1.165) is 4.47 Å². The zero-order valence-corrected chi connectivity index (χ0v) is 12.8. The van der Waals surface area contributed by atoms with Crippen LogP contribution in [0.3, 0.4) is 0 Å². The number of ether oxygens (including phenoxy) is 1. The van der Waals surface area contributed by atoms with Crippen LogP contribution in [0, 0.1) is 0 Å². The van der Waals surface area contributed by atoms with Gasteiger partial charge >= 0.3 is 0 Å². The van der Waals surface area contributed by atoms with Crippen molar-refractivity contribution in [2.75, 3.05) is 32.5 Å². The predicted molar refractivity (Wildman–Crippen MR) is 74.9 cm³/mol. The summed E-state index contributed by atoms with van der Waals surface area (Å²) >= 11 is 3.24. The number of hydrogen-bond donors (Lipinski definition) is 1. The lowest BCUT2D eigenvalue weighted by Crippen LogP contribution is -2.30. The van der Waals surface area contributed by atoms with Crippen LogP contribution in [0.1, 0.15) is 6.92 Å². The highest BCUT2D eigenvalue weighted by atomic mass is 79.9. The molecule has 0 saturated carbocycles. The molecule has 0 amide bonds. The van der Waals surface area contributed by atoms with Gasteiger partial charge in [0.05, 0.1) is 12.3 Å². The van der Waals surface area contributed by atoms with Crippen LogP contribution in [-0.2, 0) is 14.8 Å². The van der Waals surface area contributed by atoms with Crippen LogP contribution in [0.2, 0.25) is 0 Å². The fraction of sp³-hybridized carbons (Fsp3) is 0.455. The summed E-state index contributed by atoms with van der Waals surface area (Å²) in [5, 5.41) is 0. The average molecular weight is 337 g/mol. The van der Waals surface area contributed by atoms with Gasteiger partial charge in [-0.2, -0.15) is 4.31 Å². The maximum absolute atomic E-state index is 12.2. The Hall–Kier alpha value is -0.630. The monoisotopic (exact) mass is 336 g/mol. The number of anilines is 1. The second-order valence-corrected chi connectivity index (χ2v) is 6.63. The molecule has 1 rings (SSSR count). The molecular weight excluding hydrogens is 320 g/mol. The number of nitrogen functional groups attached to an aromatic ring is 1. The number of benzene rings is 1. The third kappa shape index (κ3) is 3.68. The molecule has 7 heteroatoms. The van der Waals surface area contributed by atoms with Gasteiger partial charge in [0.2, 0.25) is 10.0 Å². The lowest BCUT2D eigenvalue weighted by Gasteiger charge is -2.18. The van der Waals surface area contributed by atoms with E-state index < -0.39 is 10.0 Å². The molecular formula is C11H17BrN2O3S. The maximum Gasteiger partial charge on any atom is 0.244 e. The van der Waals surface area contributed by atoms with Crippen LogP contribution in [0.15, 0.2) is 27.6 Å². The SMILES string of the molecule is CCOCCN(C)S(=O)(=O)c1ccc(Br)cc1N. The molecule has 1 aromatic carbocycles. The topological polar surface area (TPSA) is 72.6 Å². The van der Waals surface area contributed by atoms with E-state index in [9.17, 15) is 8.42 Å². The molecule has 0 radical (unpaired) electrons. The minimum Gasteiger partial charge on any atom is -0.398 e. The Bertz CT molecular complexity index is 505. The summed E-state index contributed by atoms with van der Waals surface area (Å²) in [5.74, 6) is 0. The van der Waals surface area contributed by atoms with E-state index in [1.165, 1.54) is 17.4 Å². The van der Waals surface area contributed by atoms with Gasteiger partial charge in [0.1, 0.15) is 4.90 Å². The smallest absolute Gasteiger partial charge is 0.244 e. The average Bonchev–Trinajstić information content (AvgIpc) is 2.28. The van der Waals surface area contributed by atoms with Crippen LogP contribution in [0.4, 0.5) is 5.69 Å². The molecule has 0 spiro atoms. The first kappa shape index (κ1) is 15.4. The van der Waals surface area contributed by atoms with Gasteiger partial charge in [0.25, 0.3) is 0 Å². The summed E-state index contributed by atoms with van der Waals surface area (Å²) < 4.78 is 31.6. The Morgan fingerprint density at radius 3 is 2.67 bits per heavy atom. The lowest BCUT2D eigenvalue weighted by atomic mass is 10.3. The molecule has 0 unspecified atom stereocenters. The van der Waals surface area contributed by atoms with Gasteiger partial charge in [-0.3, -0.25) is 0 Å². The van der Waals surface area contributed by atoms with Crippen molar-refractivity contribution in [2.24, 2.45) is 0 Å². The molecule has 0 aliphatic carbocycles. The molecule has 1 aromatic rings. The third-order valence-corrected chi connectivity index (χ3v) is 4.84. The van der Waals surface area contributed by atoms with Crippen molar-refractivity contribution < 1.29 is 13.2 Å². The van der Waals surface area contributed by atoms with Gasteiger partial charge in [-0.05, 0) is 25.1 Å². The van der Waals surface area contributed by atoms with E-state index in [2.05, 4.69) is 15.9 Å². The Balaban J connectivity index is 2.91. The third-order valence-electron chi connectivity index (χ3n) is 2.41. The quantitative estimate of drug-likeness (QED) is 0.633. The van der Waals surface area contributed by atoms with Crippen molar-refractivity contribution in [3.05, 3.63) is 22.7 Å². The van der Waals surface area contributed by atoms with E-state index in [4.69, 9.17) is 10.5 Å². The summed E-state index contributed by atoms with van der Waals surface area (Å²) in [7, 11) is -2.05. The summed E-state index contributed by atoms with van der Waals surface area (Å²) in [6, 6.07) is 4.72. The molecule has 0 bridgehead atoms. The van der Waals surface area contributed by atoms with Crippen LogP contribution < -0.4 is 5.73 Å². The Labute approximate surface area is 116 Å². The lowest BCUT2D eigenvalue weighted by molar-refractivity contribution is 0.138.